The molecule has 104 valence electrons. The van der Waals surface area contributed by atoms with Gasteiger partial charge in [0.15, 0.2) is 0 Å². The standard InChI is InChI=1S/C19H17NS/c1-3-9-16-14(6-1)8-5-11-18(16)20-19-13-21-12-15-7-2-4-10-17(15)19/h1-11,19-20H,12-13H2. The molecule has 3 aromatic carbocycles. The second-order valence-electron chi connectivity index (χ2n) is 5.44. The summed E-state index contributed by atoms with van der Waals surface area (Å²) >= 11 is 2.01. The molecule has 1 atom stereocenters. The van der Waals surface area contributed by atoms with Crippen LogP contribution in [0.5, 0.6) is 0 Å². The van der Waals surface area contributed by atoms with E-state index in [4.69, 9.17) is 0 Å². The van der Waals surface area contributed by atoms with Crippen LogP contribution in [0.15, 0.2) is 66.7 Å². The predicted octanol–water partition coefficient (Wildman–Crippen LogP) is 5.24. The van der Waals surface area contributed by atoms with Gasteiger partial charge in [0.05, 0.1) is 6.04 Å². The fraction of sp³-hybridized carbons (Fsp3) is 0.158. The molecule has 0 radical (unpaired) electrons. The van der Waals surface area contributed by atoms with E-state index in [1.165, 1.54) is 27.6 Å². The highest BCUT2D eigenvalue weighted by Gasteiger charge is 2.20. The van der Waals surface area contributed by atoms with Gasteiger partial charge in [0.1, 0.15) is 0 Å². The van der Waals surface area contributed by atoms with Crippen LogP contribution in [0.4, 0.5) is 5.69 Å². The van der Waals surface area contributed by atoms with Gasteiger partial charge in [-0.15, -0.1) is 0 Å². The first-order valence-electron chi connectivity index (χ1n) is 7.32. The molecule has 1 N–H and O–H groups in total. The third-order valence-electron chi connectivity index (χ3n) is 4.09. The number of hydrogen-bond acceptors (Lipinski definition) is 2. The molecule has 0 saturated heterocycles. The Morgan fingerprint density at radius 1 is 0.857 bits per heavy atom. The molecule has 21 heavy (non-hydrogen) atoms. The minimum Gasteiger partial charge on any atom is -0.377 e. The number of fused-ring (bicyclic) bond motifs is 2. The summed E-state index contributed by atoms with van der Waals surface area (Å²) in [6.45, 7) is 0. The fourth-order valence-electron chi connectivity index (χ4n) is 3.04. The van der Waals surface area contributed by atoms with Gasteiger partial charge in [-0.25, -0.2) is 0 Å². The Bertz CT molecular complexity index is 776. The van der Waals surface area contributed by atoms with Gasteiger partial charge in [-0.2, -0.15) is 11.8 Å². The molecule has 0 fully saturated rings. The Morgan fingerprint density at radius 3 is 2.67 bits per heavy atom. The molecular formula is C19H17NS. The topological polar surface area (TPSA) is 12.0 Å². The second kappa shape index (κ2) is 5.45. The Labute approximate surface area is 129 Å². The minimum atomic E-state index is 0.394. The zero-order valence-electron chi connectivity index (χ0n) is 11.8. The Balaban J connectivity index is 1.73. The summed E-state index contributed by atoms with van der Waals surface area (Å²) in [7, 11) is 0. The van der Waals surface area contributed by atoms with Gasteiger partial charge >= 0.3 is 0 Å². The van der Waals surface area contributed by atoms with E-state index >= 15 is 0 Å². The predicted molar refractivity (Wildman–Crippen MR) is 92.9 cm³/mol. The highest BCUT2D eigenvalue weighted by molar-refractivity contribution is 7.98. The lowest BCUT2D eigenvalue weighted by molar-refractivity contribution is 0.873. The largest absolute Gasteiger partial charge is 0.377 e. The summed E-state index contributed by atoms with van der Waals surface area (Å²) in [4.78, 5) is 0. The van der Waals surface area contributed by atoms with E-state index < -0.39 is 0 Å². The van der Waals surface area contributed by atoms with Crippen LogP contribution in [0, 0.1) is 0 Å². The van der Waals surface area contributed by atoms with Crippen molar-refractivity contribution in [2.45, 2.75) is 11.8 Å². The first kappa shape index (κ1) is 12.8. The van der Waals surface area contributed by atoms with E-state index in [-0.39, 0.29) is 0 Å². The van der Waals surface area contributed by atoms with E-state index in [2.05, 4.69) is 72.0 Å². The summed E-state index contributed by atoms with van der Waals surface area (Å²) in [5, 5.41) is 6.35. The number of hydrogen-bond donors (Lipinski definition) is 1. The van der Waals surface area contributed by atoms with Crippen molar-refractivity contribution in [1.29, 1.82) is 0 Å². The van der Waals surface area contributed by atoms with Crippen molar-refractivity contribution >= 4 is 28.2 Å². The summed E-state index contributed by atoms with van der Waals surface area (Å²) in [6, 6.07) is 24.2. The van der Waals surface area contributed by atoms with Crippen LogP contribution >= 0.6 is 11.8 Å². The average molecular weight is 291 g/mol. The zero-order valence-corrected chi connectivity index (χ0v) is 12.6. The average Bonchev–Trinajstić information content (AvgIpc) is 2.56. The first-order chi connectivity index (χ1) is 10.4. The lowest BCUT2D eigenvalue weighted by Crippen LogP contribution is -2.18. The third-order valence-corrected chi connectivity index (χ3v) is 5.18. The van der Waals surface area contributed by atoms with Crippen molar-refractivity contribution in [2.24, 2.45) is 0 Å². The van der Waals surface area contributed by atoms with Crippen LogP contribution in [-0.2, 0) is 5.75 Å². The molecule has 1 heterocycles. The maximum Gasteiger partial charge on any atom is 0.0607 e. The molecule has 4 rings (SSSR count). The number of anilines is 1. The van der Waals surface area contributed by atoms with Crippen molar-refractivity contribution in [3.63, 3.8) is 0 Å². The Kier molecular flexibility index (Phi) is 3.32. The van der Waals surface area contributed by atoms with Gasteiger partial charge in [0, 0.05) is 22.6 Å². The molecule has 1 unspecified atom stereocenters. The molecule has 0 saturated carbocycles. The summed E-state index contributed by atoms with van der Waals surface area (Å²) in [5.74, 6) is 2.25. The van der Waals surface area contributed by atoms with Crippen LogP contribution in [0.2, 0.25) is 0 Å². The van der Waals surface area contributed by atoms with E-state index in [1.807, 2.05) is 11.8 Å². The lowest BCUT2D eigenvalue weighted by Gasteiger charge is -2.27. The maximum atomic E-state index is 3.76. The van der Waals surface area contributed by atoms with Gasteiger partial charge in [-0.3, -0.25) is 0 Å². The molecule has 3 aromatic rings. The molecule has 0 aromatic heterocycles. The smallest absolute Gasteiger partial charge is 0.0607 e. The van der Waals surface area contributed by atoms with Gasteiger partial charge in [-0.1, -0.05) is 60.7 Å². The number of rotatable bonds is 2. The van der Waals surface area contributed by atoms with E-state index in [0.29, 0.717) is 6.04 Å². The Morgan fingerprint density at radius 2 is 1.67 bits per heavy atom. The molecule has 1 nitrogen and oxygen atoms in total. The summed E-state index contributed by atoms with van der Waals surface area (Å²) in [6.07, 6.45) is 0. The molecule has 0 bridgehead atoms. The minimum absolute atomic E-state index is 0.394. The van der Waals surface area contributed by atoms with Gasteiger partial charge in [0.2, 0.25) is 0 Å². The number of nitrogens with one attached hydrogen (secondary N) is 1. The van der Waals surface area contributed by atoms with Gasteiger partial charge in [-0.05, 0) is 22.6 Å². The van der Waals surface area contributed by atoms with Crippen molar-refractivity contribution in [3.05, 3.63) is 77.9 Å². The van der Waals surface area contributed by atoms with Gasteiger partial charge < -0.3 is 5.32 Å². The quantitative estimate of drug-likeness (QED) is 0.693. The van der Waals surface area contributed by atoms with E-state index in [0.717, 1.165) is 11.5 Å². The van der Waals surface area contributed by atoms with Gasteiger partial charge in [0.25, 0.3) is 0 Å². The van der Waals surface area contributed by atoms with Crippen LogP contribution in [0.3, 0.4) is 0 Å². The van der Waals surface area contributed by atoms with Crippen molar-refractivity contribution in [3.8, 4) is 0 Å². The number of thioether (sulfide) groups is 1. The van der Waals surface area contributed by atoms with E-state index in [9.17, 15) is 0 Å². The molecule has 0 spiro atoms. The van der Waals surface area contributed by atoms with E-state index in [1.54, 1.807) is 0 Å². The third kappa shape index (κ3) is 2.40. The highest BCUT2D eigenvalue weighted by atomic mass is 32.2. The molecule has 0 amide bonds. The Hall–Kier alpha value is -1.93. The molecular weight excluding hydrogens is 274 g/mol. The molecule has 1 aliphatic rings. The van der Waals surface area contributed by atoms with Crippen LogP contribution in [-0.4, -0.2) is 5.75 Å². The molecule has 0 aliphatic carbocycles. The summed E-state index contributed by atoms with van der Waals surface area (Å²) in [5.41, 5.74) is 4.14. The van der Waals surface area contributed by atoms with Crippen molar-refractivity contribution in [1.82, 2.24) is 0 Å². The fourth-order valence-corrected chi connectivity index (χ4v) is 4.14. The maximum absolute atomic E-state index is 3.76. The monoisotopic (exact) mass is 291 g/mol. The van der Waals surface area contributed by atoms with Crippen LogP contribution in [0.1, 0.15) is 17.2 Å². The summed E-state index contributed by atoms with van der Waals surface area (Å²) < 4.78 is 0. The van der Waals surface area contributed by atoms with Crippen molar-refractivity contribution in [2.75, 3.05) is 11.1 Å². The highest BCUT2D eigenvalue weighted by Crippen LogP contribution is 2.35. The molecule has 1 aliphatic heterocycles. The molecule has 2 heteroatoms. The lowest BCUT2D eigenvalue weighted by atomic mass is 10.0. The van der Waals surface area contributed by atoms with Crippen LogP contribution < -0.4 is 5.32 Å². The zero-order chi connectivity index (χ0) is 14.1. The SMILES string of the molecule is c1ccc2c(c1)CSCC2Nc1cccc2ccccc12. The van der Waals surface area contributed by atoms with Crippen LogP contribution in [0.25, 0.3) is 10.8 Å². The first-order valence-corrected chi connectivity index (χ1v) is 8.47. The normalized spacial score (nSPS) is 17.4. The second-order valence-corrected chi connectivity index (χ2v) is 6.47. The number of benzene rings is 3. The van der Waals surface area contributed by atoms with Crippen molar-refractivity contribution < 1.29 is 0 Å².